The second-order valence-electron chi connectivity index (χ2n) is 8.33. The zero-order chi connectivity index (χ0) is 25.5. The molecule has 2 aromatic rings. The summed E-state index contributed by atoms with van der Waals surface area (Å²) in [5.74, 6) is -0.911. The summed E-state index contributed by atoms with van der Waals surface area (Å²) in [6, 6.07) is 8.93. The van der Waals surface area contributed by atoms with Crippen LogP contribution in [0.5, 0.6) is 17.2 Å². The maximum absolute atomic E-state index is 13.1. The Morgan fingerprint density at radius 3 is 2.46 bits per heavy atom. The molecule has 8 heteroatoms. The molecule has 0 aromatic heterocycles. The van der Waals surface area contributed by atoms with Crippen molar-refractivity contribution in [1.29, 1.82) is 0 Å². The van der Waals surface area contributed by atoms with E-state index in [1.54, 1.807) is 37.3 Å². The number of aliphatic hydroxyl groups is 1. The highest BCUT2D eigenvalue weighted by atomic mass is 16.5. The number of nitrogens with zero attached hydrogens (tertiary/aromatic N) is 1. The molecule has 1 amide bonds. The van der Waals surface area contributed by atoms with Crippen molar-refractivity contribution in [3.05, 3.63) is 58.7 Å². The largest absolute Gasteiger partial charge is 0.507 e. The molecule has 0 aliphatic carbocycles. The molecular formula is C27H33NO7. The summed E-state index contributed by atoms with van der Waals surface area (Å²) >= 11 is 0. The Labute approximate surface area is 205 Å². The quantitative estimate of drug-likeness (QED) is 0.212. The van der Waals surface area contributed by atoms with Gasteiger partial charge in [-0.05, 0) is 61.7 Å². The van der Waals surface area contributed by atoms with Gasteiger partial charge in [-0.3, -0.25) is 9.59 Å². The van der Waals surface area contributed by atoms with E-state index in [0.717, 1.165) is 18.4 Å². The van der Waals surface area contributed by atoms with E-state index in [-0.39, 0.29) is 36.0 Å². The maximum Gasteiger partial charge on any atom is 0.295 e. The minimum absolute atomic E-state index is 0.0294. The molecular weight excluding hydrogens is 450 g/mol. The minimum Gasteiger partial charge on any atom is -0.507 e. The lowest BCUT2D eigenvalue weighted by molar-refractivity contribution is -0.140. The van der Waals surface area contributed by atoms with E-state index in [9.17, 15) is 19.8 Å². The first-order valence-corrected chi connectivity index (χ1v) is 11.8. The normalized spacial score (nSPS) is 17.1. The van der Waals surface area contributed by atoms with E-state index >= 15 is 0 Å². The fourth-order valence-corrected chi connectivity index (χ4v) is 4.06. The Morgan fingerprint density at radius 1 is 1.03 bits per heavy atom. The van der Waals surface area contributed by atoms with Crippen LogP contribution in [0.15, 0.2) is 42.0 Å². The van der Waals surface area contributed by atoms with E-state index < -0.39 is 17.7 Å². The van der Waals surface area contributed by atoms with Gasteiger partial charge < -0.3 is 29.3 Å². The molecule has 0 spiro atoms. The van der Waals surface area contributed by atoms with Crippen LogP contribution in [0.25, 0.3) is 5.76 Å². The molecule has 1 aliphatic rings. The molecule has 2 aromatic carbocycles. The smallest absolute Gasteiger partial charge is 0.295 e. The Balaban J connectivity index is 2.09. The second-order valence-corrected chi connectivity index (χ2v) is 8.33. The first-order chi connectivity index (χ1) is 16.8. The number of ketones is 1. The summed E-state index contributed by atoms with van der Waals surface area (Å²) in [6.07, 6.45) is 1.95. The summed E-state index contributed by atoms with van der Waals surface area (Å²) in [4.78, 5) is 27.5. The summed E-state index contributed by atoms with van der Waals surface area (Å²) in [6.45, 7) is 7.01. The van der Waals surface area contributed by atoms with Crippen LogP contribution >= 0.6 is 0 Å². The van der Waals surface area contributed by atoms with Crippen LogP contribution in [0, 0.1) is 6.92 Å². The predicted molar refractivity (Wildman–Crippen MR) is 132 cm³/mol. The number of hydrogen-bond donors (Lipinski definition) is 2. The number of Topliss-reactive ketones (excluding diaryl/α,β-unsaturated/α-hetero) is 1. The van der Waals surface area contributed by atoms with Crippen molar-refractivity contribution in [2.75, 3.05) is 33.5 Å². The number of amides is 1. The average molecular weight is 484 g/mol. The summed E-state index contributed by atoms with van der Waals surface area (Å²) in [7, 11) is 1.51. The molecule has 1 heterocycles. The van der Waals surface area contributed by atoms with Crippen LogP contribution in [-0.2, 0) is 14.3 Å². The maximum atomic E-state index is 13.1. The molecule has 0 bridgehead atoms. The number of aliphatic hydroxyl groups excluding tert-OH is 1. The van der Waals surface area contributed by atoms with E-state index in [4.69, 9.17) is 14.2 Å². The third-order valence-electron chi connectivity index (χ3n) is 5.88. The number of hydrogen-bond acceptors (Lipinski definition) is 7. The molecule has 0 radical (unpaired) electrons. The van der Waals surface area contributed by atoms with Crippen molar-refractivity contribution in [1.82, 2.24) is 4.90 Å². The highest BCUT2D eigenvalue weighted by molar-refractivity contribution is 6.46. The van der Waals surface area contributed by atoms with E-state index in [0.29, 0.717) is 30.1 Å². The Kier molecular flexibility index (Phi) is 8.76. The van der Waals surface area contributed by atoms with Crippen molar-refractivity contribution in [2.24, 2.45) is 0 Å². The lowest BCUT2D eigenvalue weighted by Gasteiger charge is -2.25. The Hall–Kier alpha value is -3.52. The first-order valence-electron chi connectivity index (χ1n) is 11.8. The zero-order valence-corrected chi connectivity index (χ0v) is 20.7. The monoisotopic (exact) mass is 483 g/mol. The van der Waals surface area contributed by atoms with Gasteiger partial charge in [0.25, 0.3) is 11.7 Å². The number of likely N-dealkylation sites (tertiary alicyclic amines) is 1. The third-order valence-corrected chi connectivity index (χ3v) is 5.88. The first kappa shape index (κ1) is 26.1. The van der Waals surface area contributed by atoms with Gasteiger partial charge in [-0.2, -0.15) is 0 Å². The molecule has 8 nitrogen and oxygen atoms in total. The summed E-state index contributed by atoms with van der Waals surface area (Å²) < 4.78 is 16.4. The number of benzene rings is 2. The number of methoxy groups -OCH3 is 1. The molecule has 3 rings (SSSR count). The number of carbonyl (C=O) groups is 2. The number of phenols is 1. The zero-order valence-electron chi connectivity index (χ0n) is 20.7. The van der Waals surface area contributed by atoms with Gasteiger partial charge in [-0.25, -0.2) is 0 Å². The molecule has 1 fully saturated rings. The van der Waals surface area contributed by atoms with Gasteiger partial charge >= 0.3 is 0 Å². The predicted octanol–water partition coefficient (Wildman–Crippen LogP) is 4.35. The summed E-state index contributed by atoms with van der Waals surface area (Å²) in [5.41, 5.74) is 1.71. The van der Waals surface area contributed by atoms with E-state index in [2.05, 4.69) is 6.92 Å². The number of carbonyl (C=O) groups excluding carboxylic acids is 2. The highest BCUT2D eigenvalue weighted by Gasteiger charge is 2.46. The fourth-order valence-electron chi connectivity index (χ4n) is 4.06. The van der Waals surface area contributed by atoms with Gasteiger partial charge in [-0.1, -0.05) is 19.4 Å². The van der Waals surface area contributed by atoms with Gasteiger partial charge in [0.1, 0.15) is 11.5 Å². The van der Waals surface area contributed by atoms with Gasteiger partial charge in [0.15, 0.2) is 11.5 Å². The lowest BCUT2D eigenvalue weighted by Crippen LogP contribution is -2.32. The fraction of sp³-hybridized carbons (Fsp3) is 0.407. The Morgan fingerprint density at radius 2 is 1.80 bits per heavy atom. The van der Waals surface area contributed by atoms with Crippen molar-refractivity contribution < 1.29 is 34.0 Å². The van der Waals surface area contributed by atoms with Crippen LogP contribution in [0.1, 0.15) is 49.4 Å². The number of rotatable bonds is 11. The molecule has 1 saturated heterocycles. The Bertz CT molecular complexity index is 1110. The standard InChI is InChI=1S/C27H33NO7/c1-5-7-13-35-21-11-9-19(15-17(21)3)25(30)23-24(28(12-14-33-4)27(32)26(23)31)18-8-10-20(29)22(16-18)34-6-2/h8-11,15-16,24,29-30H,5-7,12-14H2,1-4H3/t24-/m0/s1. The number of phenolic OH excluding ortho intramolecular Hbond substituents is 1. The topological polar surface area (TPSA) is 106 Å². The lowest BCUT2D eigenvalue weighted by atomic mass is 9.94. The van der Waals surface area contributed by atoms with Gasteiger partial charge in [0, 0.05) is 19.2 Å². The SMILES string of the molecule is CCCCOc1ccc(C(O)=C2C(=O)C(=O)N(CCOC)[C@H]2c2ccc(O)c(OCC)c2)cc1C. The van der Waals surface area contributed by atoms with Crippen molar-refractivity contribution in [3.8, 4) is 17.2 Å². The third kappa shape index (κ3) is 5.59. The summed E-state index contributed by atoms with van der Waals surface area (Å²) in [5, 5.41) is 21.4. The van der Waals surface area contributed by atoms with Crippen LogP contribution < -0.4 is 9.47 Å². The molecule has 2 N–H and O–H groups in total. The number of aryl methyl sites for hydroxylation is 1. The van der Waals surface area contributed by atoms with Gasteiger partial charge in [0.05, 0.1) is 31.4 Å². The van der Waals surface area contributed by atoms with E-state index in [1.807, 2.05) is 6.92 Å². The molecule has 0 unspecified atom stereocenters. The second kappa shape index (κ2) is 11.8. The number of unbranched alkanes of at least 4 members (excludes halogenated alkanes) is 1. The van der Waals surface area contributed by atoms with Crippen LogP contribution in [0.4, 0.5) is 0 Å². The molecule has 1 aliphatic heterocycles. The average Bonchev–Trinajstić information content (AvgIpc) is 3.09. The minimum atomic E-state index is -0.870. The number of aromatic hydroxyl groups is 1. The molecule has 35 heavy (non-hydrogen) atoms. The van der Waals surface area contributed by atoms with Gasteiger partial charge in [-0.15, -0.1) is 0 Å². The molecule has 0 saturated carbocycles. The van der Waals surface area contributed by atoms with E-state index in [1.165, 1.54) is 18.1 Å². The van der Waals surface area contributed by atoms with Crippen molar-refractivity contribution in [3.63, 3.8) is 0 Å². The van der Waals surface area contributed by atoms with Crippen LogP contribution in [0.3, 0.4) is 0 Å². The van der Waals surface area contributed by atoms with Crippen molar-refractivity contribution in [2.45, 2.75) is 39.7 Å². The van der Waals surface area contributed by atoms with Crippen LogP contribution in [-0.4, -0.2) is 60.3 Å². The number of ether oxygens (including phenoxy) is 3. The molecule has 188 valence electrons. The van der Waals surface area contributed by atoms with Gasteiger partial charge in [0.2, 0.25) is 0 Å². The van der Waals surface area contributed by atoms with Crippen LogP contribution in [0.2, 0.25) is 0 Å². The van der Waals surface area contributed by atoms with Crippen molar-refractivity contribution >= 4 is 17.4 Å². The molecule has 1 atom stereocenters. The highest BCUT2D eigenvalue weighted by Crippen LogP contribution is 2.42.